The van der Waals surface area contributed by atoms with Gasteiger partial charge in [0.15, 0.2) is 0 Å². The van der Waals surface area contributed by atoms with Crippen molar-refractivity contribution in [3.05, 3.63) is 35.5 Å². The zero-order valence-corrected chi connectivity index (χ0v) is 16.1. The molecule has 0 atom stereocenters. The van der Waals surface area contributed by atoms with Crippen LogP contribution in [0.1, 0.15) is 37.4 Å². The number of rotatable bonds is 5. The maximum absolute atomic E-state index is 12.8. The molecule has 0 unspecified atom stereocenters. The van der Waals surface area contributed by atoms with Crippen LogP contribution in [0.5, 0.6) is 0 Å². The fourth-order valence-electron chi connectivity index (χ4n) is 3.78. The SMILES string of the molecule is CCCCC(=O)N1CCN(C(=O)Cc2c(C)n(C)c3ccccc23)CC1. The molecule has 0 bridgehead atoms. The van der Waals surface area contributed by atoms with Crippen LogP contribution in [0.15, 0.2) is 24.3 Å². The smallest absolute Gasteiger partial charge is 0.227 e. The minimum atomic E-state index is 0.158. The second-order valence-electron chi connectivity index (χ2n) is 7.18. The highest BCUT2D eigenvalue weighted by molar-refractivity contribution is 5.90. The van der Waals surface area contributed by atoms with Gasteiger partial charge in [0.1, 0.15) is 0 Å². The van der Waals surface area contributed by atoms with E-state index in [0.29, 0.717) is 39.0 Å². The second-order valence-corrected chi connectivity index (χ2v) is 7.18. The quantitative estimate of drug-likeness (QED) is 0.828. The topological polar surface area (TPSA) is 45.6 Å². The summed E-state index contributed by atoms with van der Waals surface area (Å²) in [4.78, 5) is 28.8. The predicted octanol–water partition coefficient (Wildman–Crippen LogP) is 2.89. The first-order valence-corrected chi connectivity index (χ1v) is 9.61. The highest BCUT2D eigenvalue weighted by atomic mass is 16.2. The second kappa shape index (κ2) is 7.94. The third kappa shape index (κ3) is 3.62. The number of aryl methyl sites for hydroxylation is 1. The van der Waals surface area contributed by atoms with Crippen molar-refractivity contribution in [1.82, 2.24) is 14.4 Å². The first kappa shape index (κ1) is 18.5. The van der Waals surface area contributed by atoms with Crippen LogP contribution in [0.3, 0.4) is 0 Å². The molecule has 0 radical (unpaired) electrons. The number of amides is 2. The summed E-state index contributed by atoms with van der Waals surface area (Å²) in [5.74, 6) is 0.383. The molecule has 1 fully saturated rings. The van der Waals surface area contributed by atoms with Gasteiger partial charge < -0.3 is 14.4 Å². The van der Waals surface area contributed by atoms with Crippen molar-refractivity contribution >= 4 is 22.7 Å². The van der Waals surface area contributed by atoms with Gasteiger partial charge in [0.05, 0.1) is 6.42 Å². The van der Waals surface area contributed by atoms with Crippen LogP contribution in [-0.2, 0) is 23.1 Å². The molecule has 0 N–H and O–H groups in total. The van der Waals surface area contributed by atoms with Gasteiger partial charge in [-0.2, -0.15) is 0 Å². The van der Waals surface area contributed by atoms with Crippen LogP contribution in [0, 0.1) is 6.92 Å². The molecular weight excluding hydrogens is 326 g/mol. The number of hydrogen-bond acceptors (Lipinski definition) is 2. The maximum Gasteiger partial charge on any atom is 0.227 e. The predicted molar refractivity (Wildman–Crippen MR) is 104 cm³/mol. The van der Waals surface area contributed by atoms with E-state index in [1.54, 1.807) is 0 Å². The third-order valence-corrected chi connectivity index (χ3v) is 5.59. The van der Waals surface area contributed by atoms with Crippen molar-refractivity contribution in [3.8, 4) is 0 Å². The van der Waals surface area contributed by atoms with Gasteiger partial charge in [-0.05, 0) is 25.0 Å². The summed E-state index contributed by atoms with van der Waals surface area (Å²) in [6.07, 6.45) is 3.03. The third-order valence-electron chi connectivity index (χ3n) is 5.59. The Hall–Kier alpha value is -2.30. The number of benzene rings is 1. The Morgan fingerprint density at radius 2 is 1.62 bits per heavy atom. The van der Waals surface area contributed by atoms with E-state index < -0.39 is 0 Å². The van der Waals surface area contributed by atoms with Crippen molar-refractivity contribution in [1.29, 1.82) is 0 Å². The van der Waals surface area contributed by atoms with Gasteiger partial charge in [0.25, 0.3) is 0 Å². The van der Waals surface area contributed by atoms with Gasteiger partial charge in [-0.25, -0.2) is 0 Å². The lowest BCUT2D eigenvalue weighted by Gasteiger charge is -2.35. The van der Waals surface area contributed by atoms with Crippen LogP contribution in [0.4, 0.5) is 0 Å². The van der Waals surface area contributed by atoms with Crippen molar-refractivity contribution in [2.75, 3.05) is 26.2 Å². The number of unbranched alkanes of at least 4 members (excludes halogenated alkanes) is 1. The molecule has 0 aliphatic carbocycles. The summed E-state index contributed by atoms with van der Waals surface area (Å²) in [5, 5.41) is 1.16. The molecule has 2 heterocycles. The van der Waals surface area contributed by atoms with Gasteiger partial charge in [0, 0.05) is 56.2 Å². The van der Waals surface area contributed by atoms with Gasteiger partial charge in [-0.1, -0.05) is 31.5 Å². The zero-order chi connectivity index (χ0) is 18.7. The molecule has 1 aliphatic heterocycles. The van der Waals surface area contributed by atoms with Crippen molar-refractivity contribution < 1.29 is 9.59 Å². The molecule has 26 heavy (non-hydrogen) atoms. The molecule has 140 valence electrons. The average Bonchev–Trinajstić information content (AvgIpc) is 2.91. The Labute approximate surface area is 155 Å². The Balaban J connectivity index is 1.64. The number of hydrogen-bond donors (Lipinski definition) is 0. The summed E-state index contributed by atoms with van der Waals surface area (Å²) < 4.78 is 2.16. The van der Waals surface area contributed by atoms with Crippen LogP contribution in [-0.4, -0.2) is 52.4 Å². The normalized spacial score (nSPS) is 14.9. The number of nitrogens with zero attached hydrogens (tertiary/aromatic N) is 3. The van der Waals surface area contributed by atoms with Crippen molar-refractivity contribution in [3.63, 3.8) is 0 Å². The minimum Gasteiger partial charge on any atom is -0.348 e. The van der Waals surface area contributed by atoms with Crippen molar-refractivity contribution in [2.45, 2.75) is 39.5 Å². The van der Waals surface area contributed by atoms with E-state index >= 15 is 0 Å². The maximum atomic E-state index is 12.8. The summed E-state index contributed by atoms with van der Waals surface area (Å²) in [6, 6.07) is 8.24. The lowest BCUT2D eigenvalue weighted by atomic mass is 10.1. The molecule has 3 rings (SSSR count). The number of carbonyl (C=O) groups excluding carboxylic acids is 2. The summed E-state index contributed by atoms with van der Waals surface area (Å²) in [7, 11) is 2.05. The lowest BCUT2D eigenvalue weighted by Crippen LogP contribution is -2.51. The Bertz CT molecular complexity index is 801. The van der Waals surface area contributed by atoms with E-state index in [2.05, 4.69) is 30.5 Å². The molecular formula is C21H29N3O2. The first-order chi connectivity index (χ1) is 12.5. The van der Waals surface area contributed by atoms with Crippen LogP contribution in [0.25, 0.3) is 10.9 Å². The zero-order valence-electron chi connectivity index (χ0n) is 16.1. The molecule has 1 aromatic carbocycles. The van der Waals surface area contributed by atoms with Crippen LogP contribution < -0.4 is 0 Å². The lowest BCUT2D eigenvalue weighted by molar-refractivity contribution is -0.139. The average molecular weight is 355 g/mol. The van der Waals surface area contributed by atoms with Gasteiger partial charge in [-0.15, -0.1) is 0 Å². The van der Waals surface area contributed by atoms with Gasteiger partial charge in [0.2, 0.25) is 11.8 Å². The number of fused-ring (bicyclic) bond motifs is 1. The number of carbonyl (C=O) groups is 2. The Morgan fingerprint density at radius 1 is 1.00 bits per heavy atom. The van der Waals surface area contributed by atoms with Gasteiger partial charge in [-0.3, -0.25) is 9.59 Å². The van der Waals surface area contributed by atoms with E-state index in [1.165, 1.54) is 5.52 Å². The standard InChI is InChI=1S/C21H29N3O2/c1-4-5-10-20(25)23-11-13-24(14-12-23)21(26)15-18-16(2)22(3)19-9-7-6-8-17(18)19/h6-9H,4-5,10-15H2,1-3H3. The van der Waals surface area contributed by atoms with E-state index in [0.717, 1.165) is 29.5 Å². The first-order valence-electron chi connectivity index (χ1n) is 9.61. The van der Waals surface area contributed by atoms with E-state index in [4.69, 9.17) is 0 Å². The van der Waals surface area contributed by atoms with Crippen molar-refractivity contribution in [2.24, 2.45) is 7.05 Å². The highest BCUT2D eigenvalue weighted by Crippen LogP contribution is 2.25. The fourth-order valence-corrected chi connectivity index (χ4v) is 3.78. The van der Waals surface area contributed by atoms with Gasteiger partial charge >= 0.3 is 0 Å². The van der Waals surface area contributed by atoms with E-state index in [1.807, 2.05) is 29.0 Å². The van der Waals surface area contributed by atoms with Crippen LogP contribution >= 0.6 is 0 Å². The molecule has 5 heteroatoms. The largest absolute Gasteiger partial charge is 0.348 e. The molecule has 1 aliphatic rings. The molecule has 1 saturated heterocycles. The highest BCUT2D eigenvalue weighted by Gasteiger charge is 2.25. The Kier molecular flexibility index (Phi) is 5.64. The summed E-state index contributed by atoms with van der Waals surface area (Å²) in [5.41, 5.74) is 3.43. The summed E-state index contributed by atoms with van der Waals surface area (Å²) in [6.45, 7) is 6.76. The number of para-hydroxylation sites is 1. The van der Waals surface area contributed by atoms with Crippen LogP contribution in [0.2, 0.25) is 0 Å². The molecule has 1 aromatic heterocycles. The molecule has 5 nitrogen and oxygen atoms in total. The molecule has 0 saturated carbocycles. The number of piperazine rings is 1. The fraction of sp³-hybridized carbons (Fsp3) is 0.524. The number of aromatic nitrogens is 1. The minimum absolute atomic E-state index is 0.158. The monoisotopic (exact) mass is 355 g/mol. The van der Waals surface area contributed by atoms with E-state index in [9.17, 15) is 9.59 Å². The molecule has 2 aromatic rings. The van der Waals surface area contributed by atoms with E-state index in [-0.39, 0.29) is 11.8 Å². The molecule has 0 spiro atoms. The molecule has 2 amide bonds. The summed E-state index contributed by atoms with van der Waals surface area (Å²) >= 11 is 0. The Morgan fingerprint density at radius 3 is 2.27 bits per heavy atom.